The zero-order valence-electron chi connectivity index (χ0n) is 12.5. The van der Waals surface area contributed by atoms with Crippen molar-refractivity contribution >= 4 is 11.9 Å². The zero-order valence-corrected chi connectivity index (χ0v) is 12.5. The third kappa shape index (κ3) is 6.81. The van der Waals surface area contributed by atoms with Crippen molar-refractivity contribution in [2.24, 2.45) is 0 Å². The van der Waals surface area contributed by atoms with Crippen LogP contribution in [0, 0.1) is 0 Å². The third-order valence-corrected chi connectivity index (χ3v) is 2.57. The van der Waals surface area contributed by atoms with Gasteiger partial charge >= 0.3 is 11.9 Å². The lowest BCUT2D eigenvalue weighted by atomic mass is 10.1. The molecule has 0 fully saturated rings. The molecule has 22 heavy (non-hydrogen) atoms. The molecule has 0 aromatic heterocycles. The molecule has 2 N–H and O–H groups in total. The van der Waals surface area contributed by atoms with Crippen molar-refractivity contribution in [3.05, 3.63) is 24.3 Å². The van der Waals surface area contributed by atoms with Gasteiger partial charge in [-0.1, -0.05) is 0 Å². The fraction of sp³-hybridized carbons (Fsp3) is 0.571. The van der Waals surface area contributed by atoms with E-state index in [2.05, 4.69) is 9.47 Å². The number of carbonyl (C=O) groups is 2. The zero-order chi connectivity index (χ0) is 16.6. The Labute approximate surface area is 127 Å². The predicted octanol–water partition coefficient (Wildman–Crippen LogP) is -0.351. The highest BCUT2D eigenvalue weighted by Crippen LogP contribution is 2.23. The second-order valence-corrected chi connectivity index (χ2v) is 4.55. The van der Waals surface area contributed by atoms with E-state index in [-0.39, 0.29) is 26.4 Å². The molecule has 0 heterocycles. The highest BCUT2D eigenvalue weighted by Gasteiger charge is 2.32. The minimum Gasteiger partial charge on any atom is -0.463 e. The maximum atomic E-state index is 10.6. The first kappa shape index (κ1) is 18.3. The van der Waals surface area contributed by atoms with E-state index in [4.69, 9.17) is 9.47 Å². The Bertz CT molecular complexity index is 400. The summed E-state index contributed by atoms with van der Waals surface area (Å²) >= 11 is 0. The van der Waals surface area contributed by atoms with Crippen LogP contribution in [-0.2, 0) is 28.5 Å². The highest BCUT2D eigenvalue weighted by atomic mass is 16.6. The van der Waals surface area contributed by atoms with Crippen LogP contribution >= 0.6 is 0 Å². The second kappa shape index (κ2) is 8.04. The molecule has 0 saturated carbocycles. The van der Waals surface area contributed by atoms with Crippen LogP contribution in [0.2, 0.25) is 0 Å². The average Bonchev–Trinajstić information content (AvgIpc) is 2.44. The van der Waals surface area contributed by atoms with E-state index in [1.807, 2.05) is 0 Å². The number of carbonyl (C=O) groups excluding carboxylic acids is 2. The molecule has 0 saturated heterocycles. The maximum absolute atomic E-state index is 10.6. The van der Waals surface area contributed by atoms with Gasteiger partial charge in [-0.2, -0.15) is 0 Å². The van der Waals surface area contributed by atoms with Gasteiger partial charge in [-0.3, -0.25) is 9.59 Å². The SMILES string of the molecule is CC(=O)OCCOC1(O)C=CC(O)(OCCOC(C)=O)C=C1. The Hall–Kier alpha value is -1.74. The minimum absolute atomic E-state index is 0.00246. The molecule has 8 nitrogen and oxygen atoms in total. The van der Waals surface area contributed by atoms with E-state index in [9.17, 15) is 19.8 Å². The number of ether oxygens (including phenoxy) is 4. The molecule has 1 aliphatic carbocycles. The van der Waals surface area contributed by atoms with Gasteiger partial charge in [0.05, 0.1) is 13.2 Å². The van der Waals surface area contributed by atoms with Crippen molar-refractivity contribution in [1.29, 1.82) is 0 Å². The molecule has 0 spiro atoms. The molecule has 124 valence electrons. The molecule has 0 amide bonds. The van der Waals surface area contributed by atoms with Gasteiger partial charge in [0, 0.05) is 13.8 Å². The van der Waals surface area contributed by atoms with Crippen LogP contribution in [0.5, 0.6) is 0 Å². The van der Waals surface area contributed by atoms with Crippen LogP contribution in [0.25, 0.3) is 0 Å². The van der Waals surface area contributed by atoms with Gasteiger partial charge < -0.3 is 29.2 Å². The van der Waals surface area contributed by atoms with Crippen molar-refractivity contribution in [2.45, 2.75) is 25.4 Å². The van der Waals surface area contributed by atoms with E-state index >= 15 is 0 Å². The smallest absolute Gasteiger partial charge is 0.302 e. The monoisotopic (exact) mass is 316 g/mol. The summed E-state index contributed by atoms with van der Waals surface area (Å²) in [5, 5.41) is 20.1. The predicted molar refractivity (Wildman–Crippen MR) is 73.3 cm³/mol. The first-order valence-electron chi connectivity index (χ1n) is 6.65. The van der Waals surface area contributed by atoms with Crippen LogP contribution < -0.4 is 0 Å². The first-order valence-corrected chi connectivity index (χ1v) is 6.65. The largest absolute Gasteiger partial charge is 0.463 e. The van der Waals surface area contributed by atoms with Crippen LogP contribution in [0.1, 0.15) is 13.8 Å². The summed E-state index contributed by atoms with van der Waals surface area (Å²) in [7, 11) is 0. The lowest BCUT2D eigenvalue weighted by Crippen LogP contribution is -2.38. The van der Waals surface area contributed by atoms with Crippen molar-refractivity contribution in [3.63, 3.8) is 0 Å². The summed E-state index contributed by atoms with van der Waals surface area (Å²) in [6, 6.07) is 0. The molecule has 1 rings (SSSR count). The van der Waals surface area contributed by atoms with E-state index in [0.29, 0.717) is 0 Å². The van der Waals surface area contributed by atoms with Gasteiger partial charge in [-0.05, 0) is 24.3 Å². The molecule has 0 bridgehead atoms. The number of hydrogen-bond acceptors (Lipinski definition) is 8. The van der Waals surface area contributed by atoms with Crippen molar-refractivity contribution in [2.75, 3.05) is 26.4 Å². The standard InChI is InChI=1S/C14H20O8/c1-11(15)19-7-9-21-13(17)3-5-14(18,6-4-13)22-10-8-20-12(2)16/h3-6,17-18H,7-10H2,1-2H3. The Balaban J connectivity index is 2.37. The minimum atomic E-state index is -1.72. The Kier molecular flexibility index (Phi) is 6.69. The summed E-state index contributed by atoms with van der Waals surface area (Å²) in [5.41, 5.74) is 0. The summed E-state index contributed by atoms with van der Waals surface area (Å²) < 4.78 is 19.6. The van der Waals surface area contributed by atoms with Crippen LogP contribution in [0.15, 0.2) is 24.3 Å². The van der Waals surface area contributed by atoms with Gasteiger partial charge in [0.1, 0.15) is 13.2 Å². The number of esters is 2. The highest BCUT2D eigenvalue weighted by molar-refractivity contribution is 5.66. The molecule has 0 unspecified atom stereocenters. The fourth-order valence-electron chi connectivity index (χ4n) is 1.56. The van der Waals surface area contributed by atoms with E-state index in [0.717, 1.165) is 0 Å². The molecule has 0 aromatic carbocycles. The average molecular weight is 316 g/mol. The number of rotatable bonds is 8. The van der Waals surface area contributed by atoms with Crippen molar-refractivity contribution in [3.8, 4) is 0 Å². The van der Waals surface area contributed by atoms with E-state index in [1.54, 1.807) is 0 Å². The Morgan fingerprint density at radius 3 is 1.36 bits per heavy atom. The topological polar surface area (TPSA) is 112 Å². The summed E-state index contributed by atoms with van der Waals surface area (Å²) in [6.07, 6.45) is 4.80. The van der Waals surface area contributed by atoms with Crippen LogP contribution in [0.4, 0.5) is 0 Å². The third-order valence-electron chi connectivity index (χ3n) is 2.57. The van der Waals surface area contributed by atoms with E-state index in [1.165, 1.54) is 38.2 Å². The van der Waals surface area contributed by atoms with Gasteiger partial charge in [0.2, 0.25) is 11.6 Å². The maximum Gasteiger partial charge on any atom is 0.302 e. The summed E-state index contributed by atoms with van der Waals surface area (Å²) in [6.45, 7) is 2.50. The lowest BCUT2D eigenvalue weighted by Gasteiger charge is -2.30. The molecule has 0 atom stereocenters. The molecule has 8 heteroatoms. The number of aliphatic hydroxyl groups is 2. The van der Waals surface area contributed by atoms with Crippen LogP contribution in [-0.4, -0.2) is 60.2 Å². The molecule has 0 aliphatic heterocycles. The Morgan fingerprint density at radius 2 is 1.09 bits per heavy atom. The van der Waals surface area contributed by atoms with Gasteiger partial charge in [-0.25, -0.2) is 0 Å². The molecular weight excluding hydrogens is 296 g/mol. The first-order chi connectivity index (χ1) is 10.2. The Morgan fingerprint density at radius 1 is 0.773 bits per heavy atom. The lowest BCUT2D eigenvalue weighted by molar-refractivity contribution is -0.170. The van der Waals surface area contributed by atoms with Gasteiger partial charge in [0.15, 0.2) is 0 Å². The molecule has 1 aliphatic rings. The molecule has 0 radical (unpaired) electrons. The van der Waals surface area contributed by atoms with Gasteiger partial charge in [-0.15, -0.1) is 0 Å². The quantitative estimate of drug-likeness (QED) is 0.270. The fourth-order valence-corrected chi connectivity index (χ4v) is 1.56. The molecule has 0 aromatic rings. The van der Waals surface area contributed by atoms with E-state index < -0.39 is 23.5 Å². The van der Waals surface area contributed by atoms with Crippen LogP contribution in [0.3, 0.4) is 0 Å². The van der Waals surface area contributed by atoms with Crippen molar-refractivity contribution in [1.82, 2.24) is 0 Å². The van der Waals surface area contributed by atoms with Gasteiger partial charge in [0.25, 0.3) is 0 Å². The summed E-state index contributed by atoms with van der Waals surface area (Å²) in [4.78, 5) is 21.2. The second-order valence-electron chi connectivity index (χ2n) is 4.55. The molecular formula is C14H20O8. The van der Waals surface area contributed by atoms with Crippen molar-refractivity contribution < 1.29 is 38.7 Å². The summed E-state index contributed by atoms with van der Waals surface area (Å²) in [5.74, 6) is -4.32. The normalized spacial score (nSPS) is 26.7. The number of hydrogen-bond donors (Lipinski definition) is 2.